The average Bonchev–Trinajstić information content (AvgIpc) is 2.40. The molecule has 0 bridgehead atoms. The number of nitrogens with zero attached hydrogens (tertiary/aromatic N) is 1. The van der Waals surface area contributed by atoms with E-state index in [1.165, 1.54) is 5.56 Å². The van der Waals surface area contributed by atoms with E-state index in [4.69, 9.17) is 11.6 Å². The zero-order valence-corrected chi connectivity index (χ0v) is 11.9. The highest BCUT2D eigenvalue weighted by Gasteiger charge is 2.11. The van der Waals surface area contributed by atoms with E-state index in [2.05, 4.69) is 36.1 Å². The summed E-state index contributed by atoms with van der Waals surface area (Å²) in [5.41, 5.74) is 3.40. The summed E-state index contributed by atoms with van der Waals surface area (Å²) in [6, 6.07) is 15.4. The van der Waals surface area contributed by atoms with Gasteiger partial charge >= 0.3 is 0 Å². The van der Waals surface area contributed by atoms with Crippen LogP contribution in [0.25, 0.3) is 0 Å². The molecule has 0 aliphatic rings. The van der Waals surface area contributed by atoms with E-state index in [0.717, 1.165) is 17.8 Å². The molecule has 0 radical (unpaired) electrons. The summed E-state index contributed by atoms with van der Waals surface area (Å²) in [6.07, 6.45) is 0. The number of aromatic hydroxyl groups is 1. The Balaban J connectivity index is 2.03. The van der Waals surface area contributed by atoms with Crippen molar-refractivity contribution in [1.82, 2.24) is 0 Å². The van der Waals surface area contributed by atoms with E-state index in [1.807, 2.05) is 19.2 Å². The van der Waals surface area contributed by atoms with Crippen molar-refractivity contribution >= 4 is 17.3 Å². The van der Waals surface area contributed by atoms with Crippen molar-refractivity contribution in [1.29, 1.82) is 0 Å². The highest BCUT2D eigenvalue weighted by molar-refractivity contribution is 6.21. The number of hydrogen-bond donors (Lipinski definition) is 1. The lowest BCUT2D eigenvalue weighted by Crippen LogP contribution is -2.21. The predicted octanol–water partition coefficient (Wildman–Crippen LogP) is 4.12. The number of aryl methyl sites for hydroxylation is 1. The van der Waals surface area contributed by atoms with Gasteiger partial charge in [-0.15, -0.1) is 11.6 Å². The molecular formula is C16H18ClNO. The van der Waals surface area contributed by atoms with E-state index in [9.17, 15) is 5.11 Å². The van der Waals surface area contributed by atoms with Gasteiger partial charge in [0.25, 0.3) is 0 Å². The van der Waals surface area contributed by atoms with Crippen LogP contribution in [0.1, 0.15) is 16.5 Å². The molecule has 0 amide bonds. The lowest BCUT2D eigenvalue weighted by molar-refractivity contribution is 0.475. The molecule has 0 aliphatic carbocycles. The maximum atomic E-state index is 9.28. The van der Waals surface area contributed by atoms with Crippen molar-refractivity contribution in [2.24, 2.45) is 0 Å². The number of rotatable bonds is 4. The molecule has 2 nitrogen and oxygen atoms in total. The van der Waals surface area contributed by atoms with Crippen LogP contribution in [0.4, 0.5) is 5.69 Å². The third kappa shape index (κ3) is 3.65. The van der Waals surface area contributed by atoms with Crippen LogP contribution in [-0.4, -0.2) is 18.7 Å². The molecule has 2 aromatic rings. The Kier molecular flexibility index (Phi) is 4.33. The minimum Gasteiger partial charge on any atom is -0.508 e. The van der Waals surface area contributed by atoms with Gasteiger partial charge in [0.05, 0.1) is 5.38 Å². The maximum Gasteiger partial charge on any atom is 0.115 e. The second-order valence-corrected chi connectivity index (χ2v) is 5.30. The van der Waals surface area contributed by atoms with Gasteiger partial charge in [-0.05, 0) is 36.8 Å². The van der Waals surface area contributed by atoms with Crippen LogP contribution in [0.15, 0.2) is 48.5 Å². The van der Waals surface area contributed by atoms with Gasteiger partial charge < -0.3 is 10.0 Å². The van der Waals surface area contributed by atoms with E-state index < -0.39 is 0 Å². The molecule has 0 aromatic heterocycles. The van der Waals surface area contributed by atoms with E-state index in [0.29, 0.717) is 0 Å². The minimum absolute atomic E-state index is 0.0561. The van der Waals surface area contributed by atoms with Crippen LogP contribution in [0.3, 0.4) is 0 Å². The van der Waals surface area contributed by atoms with Gasteiger partial charge in [-0.1, -0.05) is 29.8 Å². The Labute approximate surface area is 119 Å². The number of phenols is 1. The average molecular weight is 276 g/mol. The quantitative estimate of drug-likeness (QED) is 0.849. The van der Waals surface area contributed by atoms with E-state index >= 15 is 0 Å². The second kappa shape index (κ2) is 5.98. The Bertz CT molecular complexity index is 472. The van der Waals surface area contributed by atoms with Crippen molar-refractivity contribution in [3.05, 3.63) is 59.7 Å². The first-order valence-electron chi connectivity index (χ1n) is 6.27. The summed E-state index contributed by atoms with van der Waals surface area (Å²) < 4.78 is 0. The molecule has 0 heterocycles. The third-order valence-electron chi connectivity index (χ3n) is 3.16. The van der Waals surface area contributed by atoms with Crippen LogP contribution < -0.4 is 4.90 Å². The van der Waals surface area contributed by atoms with Crippen molar-refractivity contribution in [3.8, 4) is 5.75 Å². The van der Waals surface area contributed by atoms with E-state index in [1.54, 1.807) is 12.1 Å². The lowest BCUT2D eigenvalue weighted by atomic mass is 10.1. The number of halogens is 1. The zero-order valence-electron chi connectivity index (χ0n) is 11.2. The van der Waals surface area contributed by atoms with Crippen LogP contribution in [0.5, 0.6) is 5.75 Å². The predicted molar refractivity (Wildman–Crippen MR) is 81.1 cm³/mol. The largest absolute Gasteiger partial charge is 0.508 e. The fourth-order valence-electron chi connectivity index (χ4n) is 1.93. The van der Waals surface area contributed by atoms with Gasteiger partial charge in [-0.2, -0.15) is 0 Å². The minimum atomic E-state index is -0.0561. The molecule has 0 fully saturated rings. The monoisotopic (exact) mass is 275 g/mol. The Morgan fingerprint density at radius 3 is 2.21 bits per heavy atom. The molecule has 0 saturated heterocycles. The molecule has 2 aromatic carbocycles. The number of likely N-dealkylation sites (N-methyl/N-ethyl adjacent to an activating group) is 1. The SMILES string of the molecule is Cc1ccc(C(Cl)CN(C)c2ccc(O)cc2)cc1. The first-order valence-corrected chi connectivity index (χ1v) is 6.70. The third-order valence-corrected chi connectivity index (χ3v) is 3.55. The molecule has 19 heavy (non-hydrogen) atoms. The summed E-state index contributed by atoms with van der Waals surface area (Å²) >= 11 is 6.44. The number of anilines is 1. The Hall–Kier alpha value is -1.67. The van der Waals surface area contributed by atoms with E-state index in [-0.39, 0.29) is 11.1 Å². The van der Waals surface area contributed by atoms with Gasteiger partial charge in [0, 0.05) is 19.3 Å². The standard InChI is InChI=1S/C16H18ClNO/c1-12-3-5-13(6-4-12)16(17)11-18(2)14-7-9-15(19)10-8-14/h3-10,16,19H,11H2,1-2H3. The normalized spacial score (nSPS) is 12.2. The fraction of sp³-hybridized carbons (Fsp3) is 0.250. The summed E-state index contributed by atoms with van der Waals surface area (Å²) in [5, 5.41) is 9.22. The van der Waals surface area contributed by atoms with Gasteiger partial charge in [-0.25, -0.2) is 0 Å². The van der Waals surface area contributed by atoms with Crippen molar-refractivity contribution in [2.75, 3.05) is 18.5 Å². The summed E-state index contributed by atoms with van der Waals surface area (Å²) in [4.78, 5) is 2.08. The van der Waals surface area contributed by atoms with Crippen LogP contribution in [0.2, 0.25) is 0 Å². The fourth-order valence-corrected chi connectivity index (χ4v) is 2.29. The molecule has 3 heteroatoms. The molecule has 1 atom stereocenters. The van der Waals surface area contributed by atoms with Crippen molar-refractivity contribution in [2.45, 2.75) is 12.3 Å². The highest BCUT2D eigenvalue weighted by Crippen LogP contribution is 2.25. The molecule has 1 N–H and O–H groups in total. The molecular weight excluding hydrogens is 258 g/mol. The van der Waals surface area contributed by atoms with Gasteiger partial charge in [0.15, 0.2) is 0 Å². The number of benzene rings is 2. The molecule has 1 unspecified atom stereocenters. The lowest BCUT2D eigenvalue weighted by Gasteiger charge is -2.22. The van der Waals surface area contributed by atoms with Gasteiger partial charge in [0.2, 0.25) is 0 Å². The van der Waals surface area contributed by atoms with Crippen molar-refractivity contribution < 1.29 is 5.11 Å². The highest BCUT2D eigenvalue weighted by atomic mass is 35.5. The van der Waals surface area contributed by atoms with Crippen LogP contribution >= 0.6 is 11.6 Å². The molecule has 100 valence electrons. The molecule has 0 spiro atoms. The number of hydrogen-bond acceptors (Lipinski definition) is 2. The topological polar surface area (TPSA) is 23.5 Å². The van der Waals surface area contributed by atoms with Crippen LogP contribution in [0, 0.1) is 6.92 Å². The summed E-state index contributed by atoms with van der Waals surface area (Å²) in [6.45, 7) is 2.78. The van der Waals surface area contributed by atoms with Gasteiger partial charge in [0.1, 0.15) is 5.75 Å². The maximum absolute atomic E-state index is 9.28. The van der Waals surface area contributed by atoms with Crippen molar-refractivity contribution in [3.63, 3.8) is 0 Å². The molecule has 0 aliphatic heterocycles. The summed E-state index contributed by atoms with van der Waals surface area (Å²) in [5.74, 6) is 0.276. The second-order valence-electron chi connectivity index (χ2n) is 4.78. The Morgan fingerprint density at radius 1 is 1.05 bits per heavy atom. The van der Waals surface area contributed by atoms with Crippen LogP contribution in [-0.2, 0) is 0 Å². The van der Waals surface area contributed by atoms with Gasteiger partial charge in [-0.3, -0.25) is 0 Å². The first kappa shape index (κ1) is 13.8. The first-order chi connectivity index (χ1) is 9.06. The zero-order chi connectivity index (χ0) is 13.8. The smallest absolute Gasteiger partial charge is 0.115 e. The number of phenolic OH excluding ortho intramolecular Hbond substituents is 1. The summed E-state index contributed by atoms with van der Waals surface area (Å²) in [7, 11) is 2.00. The Morgan fingerprint density at radius 2 is 1.63 bits per heavy atom. The number of alkyl halides is 1. The molecule has 2 rings (SSSR count). The molecule has 0 saturated carbocycles.